The molecule has 0 spiro atoms. The van der Waals surface area contributed by atoms with Crippen LogP contribution in [-0.2, 0) is 12.8 Å². The molecule has 0 fully saturated rings. The van der Waals surface area contributed by atoms with Crippen LogP contribution >= 0.6 is 23.2 Å². The summed E-state index contributed by atoms with van der Waals surface area (Å²) in [7, 11) is 0. The fourth-order valence-electron chi connectivity index (χ4n) is 2.85. The van der Waals surface area contributed by atoms with E-state index in [0.29, 0.717) is 10.0 Å². The van der Waals surface area contributed by atoms with Crippen molar-refractivity contribution in [1.29, 1.82) is 0 Å². The number of nitrogens with two attached hydrogens (primary N) is 1. The maximum Gasteiger partial charge on any atom is 0.0595 e. The van der Waals surface area contributed by atoms with Crippen molar-refractivity contribution >= 4 is 23.2 Å². The molecule has 20 heavy (non-hydrogen) atoms. The van der Waals surface area contributed by atoms with Crippen LogP contribution in [0.25, 0.3) is 0 Å². The number of hydrogen-bond donors (Lipinski definition) is 1. The molecule has 0 saturated carbocycles. The van der Waals surface area contributed by atoms with Gasteiger partial charge in [0.15, 0.2) is 0 Å². The van der Waals surface area contributed by atoms with Crippen molar-refractivity contribution in [3.63, 3.8) is 0 Å². The fourth-order valence-corrected chi connectivity index (χ4v) is 3.15. The van der Waals surface area contributed by atoms with E-state index in [0.717, 1.165) is 17.5 Å². The van der Waals surface area contributed by atoms with Gasteiger partial charge in [-0.25, -0.2) is 0 Å². The zero-order chi connectivity index (χ0) is 14.1. The highest BCUT2D eigenvalue weighted by atomic mass is 35.5. The molecule has 3 rings (SSSR count). The van der Waals surface area contributed by atoms with Gasteiger partial charge < -0.3 is 5.73 Å². The largest absolute Gasteiger partial charge is 0.320 e. The predicted molar refractivity (Wildman–Crippen MR) is 85.6 cm³/mol. The smallest absolute Gasteiger partial charge is 0.0595 e. The maximum atomic E-state index is 6.37. The van der Waals surface area contributed by atoms with Gasteiger partial charge >= 0.3 is 0 Å². The molecule has 0 saturated heterocycles. The van der Waals surface area contributed by atoms with Gasteiger partial charge in [-0.1, -0.05) is 47.5 Å². The first-order chi connectivity index (χ1) is 9.65. The van der Waals surface area contributed by atoms with Crippen LogP contribution in [0, 0.1) is 0 Å². The van der Waals surface area contributed by atoms with Crippen LogP contribution in [0.2, 0.25) is 10.0 Å². The lowest BCUT2D eigenvalue weighted by Crippen LogP contribution is -2.13. The molecule has 0 amide bonds. The van der Waals surface area contributed by atoms with E-state index in [4.69, 9.17) is 28.9 Å². The molecule has 104 valence electrons. The van der Waals surface area contributed by atoms with Crippen LogP contribution in [0.1, 0.15) is 41.1 Å². The maximum absolute atomic E-state index is 6.37. The van der Waals surface area contributed by atoms with Gasteiger partial charge in [0.1, 0.15) is 0 Å². The Bertz CT molecular complexity index is 637. The lowest BCUT2D eigenvalue weighted by atomic mass is 9.88. The number of halogens is 2. The first kappa shape index (κ1) is 13.9. The summed E-state index contributed by atoms with van der Waals surface area (Å²) in [6, 6.07) is 12.1. The Morgan fingerprint density at radius 2 is 1.45 bits per heavy atom. The van der Waals surface area contributed by atoms with Crippen molar-refractivity contribution < 1.29 is 0 Å². The minimum Gasteiger partial charge on any atom is -0.320 e. The van der Waals surface area contributed by atoms with Crippen LogP contribution in [0.15, 0.2) is 36.4 Å². The highest BCUT2D eigenvalue weighted by Gasteiger charge is 2.14. The molecule has 2 aromatic rings. The van der Waals surface area contributed by atoms with E-state index in [1.807, 2.05) is 12.1 Å². The van der Waals surface area contributed by atoms with E-state index in [1.54, 1.807) is 6.07 Å². The molecule has 1 nitrogen and oxygen atoms in total. The summed E-state index contributed by atoms with van der Waals surface area (Å²) in [4.78, 5) is 0. The van der Waals surface area contributed by atoms with Crippen LogP contribution in [-0.4, -0.2) is 0 Å². The topological polar surface area (TPSA) is 26.0 Å². The molecule has 0 aromatic heterocycles. The molecule has 1 aliphatic rings. The van der Waals surface area contributed by atoms with Crippen molar-refractivity contribution in [2.24, 2.45) is 5.73 Å². The summed E-state index contributed by atoms with van der Waals surface area (Å²) in [5, 5.41) is 1.12. The van der Waals surface area contributed by atoms with Crippen LogP contribution < -0.4 is 5.73 Å². The minimum atomic E-state index is -0.156. The van der Waals surface area contributed by atoms with Crippen molar-refractivity contribution in [2.75, 3.05) is 0 Å². The van der Waals surface area contributed by atoms with Gasteiger partial charge in [0, 0.05) is 0 Å². The van der Waals surface area contributed by atoms with Gasteiger partial charge in [-0.3, -0.25) is 0 Å². The van der Waals surface area contributed by atoms with Gasteiger partial charge in [0.2, 0.25) is 0 Å². The Hall–Kier alpha value is -1.02. The molecule has 0 aliphatic heterocycles. The number of aryl methyl sites for hydroxylation is 2. The monoisotopic (exact) mass is 305 g/mol. The van der Waals surface area contributed by atoms with Gasteiger partial charge in [-0.05, 0) is 60.1 Å². The molecule has 0 bridgehead atoms. The normalized spacial score (nSPS) is 15.8. The summed E-state index contributed by atoms with van der Waals surface area (Å²) < 4.78 is 0. The zero-order valence-corrected chi connectivity index (χ0v) is 12.7. The van der Waals surface area contributed by atoms with E-state index in [-0.39, 0.29) is 6.04 Å². The summed E-state index contributed by atoms with van der Waals surface area (Å²) in [6.45, 7) is 0. The van der Waals surface area contributed by atoms with E-state index >= 15 is 0 Å². The summed E-state index contributed by atoms with van der Waals surface area (Å²) in [6.07, 6.45) is 4.93. The second-order valence-corrected chi connectivity index (χ2v) is 6.20. The molecular weight excluding hydrogens is 289 g/mol. The Morgan fingerprint density at radius 3 is 2.20 bits per heavy atom. The van der Waals surface area contributed by atoms with E-state index in [9.17, 15) is 0 Å². The Balaban J connectivity index is 1.93. The highest BCUT2D eigenvalue weighted by Crippen LogP contribution is 2.30. The van der Waals surface area contributed by atoms with Gasteiger partial charge in [0.05, 0.1) is 16.1 Å². The lowest BCUT2D eigenvalue weighted by Gasteiger charge is -2.19. The zero-order valence-electron chi connectivity index (χ0n) is 11.2. The molecule has 1 atom stereocenters. The summed E-state index contributed by atoms with van der Waals surface area (Å²) in [5.41, 5.74) is 11.4. The Morgan fingerprint density at radius 1 is 0.800 bits per heavy atom. The molecule has 3 heteroatoms. The van der Waals surface area contributed by atoms with Crippen molar-refractivity contribution in [3.05, 3.63) is 68.7 Å². The third kappa shape index (κ3) is 2.71. The number of benzene rings is 2. The average molecular weight is 306 g/mol. The van der Waals surface area contributed by atoms with E-state index in [1.165, 1.54) is 30.4 Å². The van der Waals surface area contributed by atoms with Crippen LogP contribution in [0.5, 0.6) is 0 Å². The molecule has 0 radical (unpaired) electrons. The minimum absolute atomic E-state index is 0.156. The average Bonchev–Trinajstić information content (AvgIpc) is 2.49. The third-order valence-electron chi connectivity index (χ3n) is 4.03. The third-order valence-corrected chi connectivity index (χ3v) is 4.77. The summed E-state index contributed by atoms with van der Waals surface area (Å²) >= 11 is 12.0. The van der Waals surface area contributed by atoms with E-state index in [2.05, 4.69) is 18.2 Å². The quantitative estimate of drug-likeness (QED) is 0.837. The van der Waals surface area contributed by atoms with Crippen molar-refractivity contribution in [3.8, 4) is 0 Å². The lowest BCUT2D eigenvalue weighted by molar-refractivity contribution is 0.682. The summed E-state index contributed by atoms with van der Waals surface area (Å²) in [5.74, 6) is 0. The molecule has 1 aliphatic carbocycles. The van der Waals surface area contributed by atoms with Gasteiger partial charge in [-0.2, -0.15) is 0 Å². The second-order valence-electron chi connectivity index (χ2n) is 5.39. The van der Waals surface area contributed by atoms with Gasteiger partial charge in [-0.15, -0.1) is 0 Å². The van der Waals surface area contributed by atoms with Gasteiger partial charge in [0.25, 0.3) is 0 Å². The molecule has 2 N–H and O–H groups in total. The Labute approximate surface area is 129 Å². The number of hydrogen-bond acceptors (Lipinski definition) is 1. The van der Waals surface area contributed by atoms with Crippen LogP contribution in [0.3, 0.4) is 0 Å². The van der Waals surface area contributed by atoms with E-state index < -0.39 is 0 Å². The van der Waals surface area contributed by atoms with Crippen molar-refractivity contribution in [1.82, 2.24) is 0 Å². The number of rotatable bonds is 2. The Kier molecular flexibility index (Phi) is 4.02. The standard InChI is InChI=1S/C17H17Cl2N/c18-15-8-7-14(10-16(15)19)17(20)13-6-5-11-3-1-2-4-12(11)9-13/h5-10,17H,1-4,20H2. The predicted octanol–water partition coefficient (Wildman–Crippen LogP) is 4.92. The number of fused-ring (bicyclic) bond motifs is 1. The molecule has 0 heterocycles. The van der Waals surface area contributed by atoms with Crippen molar-refractivity contribution in [2.45, 2.75) is 31.7 Å². The fraction of sp³-hybridized carbons (Fsp3) is 0.294. The van der Waals surface area contributed by atoms with Crippen LogP contribution in [0.4, 0.5) is 0 Å². The first-order valence-corrected chi connectivity index (χ1v) is 7.73. The second kappa shape index (κ2) is 5.77. The molecule has 2 aromatic carbocycles. The highest BCUT2D eigenvalue weighted by molar-refractivity contribution is 6.42. The SMILES string of the molecule is NC(c1ccc(Cl)c(Cl)c1)c1ccc2c(c1)CCCC2. The molecule has 1 unspecified atom stereocenters. The molecular formula is C17H17Cl2N. The first-order valence-electron chi connectivity index (χ1n) is 6.97.